The Kier molecular flexibility index (Phi) is 7.62. The molecule has 15 heteroatoms. The van der Waals surface area contributed by atoms with Gasteiger partial charge in [0, 0.05) is 37.8 Å². The summed E-state index contributed by atoms with van der Waals surface area (Å²) in [4.78, 5) is 45.1. The molecule has 0 radical (unpaired) electrons. The van der Waals surface area contributed by atoms with Gasteiger partial charge in [0.25, 0.3) is 0 Å². The molecule has 0 saturated carbocycles. The fourth-order valence-electron chi connectivity index (χ4n) is 5.73. The number of halogens is 5. The number of fused-ring (bicyclic) bond motifs is 1. The maximum atomic E-state index is 14.5. The van der Waals surface area contributed by atoms with Crippen molar-refractivity contribution in [3.05, 3.63) is 64.2 Å². The third-order valence-corrected chi connectivity index (χ3v) is 7.73. The van der Waals surface area contributed by atoms with Gasteiger partial charge in [-0.3, -0.25) is 9.36 Å². The number of nitrogens with zero attached hydrogens (tertiary/aromatic N) is 5. The van der Waals surface area contributed by atoms with Crippen molar-refractivity contribution in [3.8, 4) is 0 Å². The van der Waals surface area contributed by atoms with Crippen molar-refractivity contribution in [2.45, 2.75) is 49.9 Å². The Balaban J connectivity index is 1.28. The topological polar surface area (TPSA) is 118 Å². The number of imidazole rings is 1. The minimum absolute atomic E-state index is 0.0492. The third kappa shape index (κ3) is 5.70. The third-order valence-electron chi connectivity index (χ3n) is 7.73. The quantitative estimate of drug-likeness (QED) is 0.363. The summed E-state index contributed by atoms with van der Waals surface area (Å²) >= 11 is 0. The Morgan fingerprint density at radius 1 is 1.05 bits per heavy atom. The Hall–Kier alpha value is -4.17. The average molecular weight is 582 g/mol. The summed E-state index contributed by atoms with van der Waals surface area (Å²) in [5.41, 5.74) is 0.313. The smallest absolute Gasteiger partial charge is 0.333 e. The van der Waals surface area contributed by atoms with Crippen molar-refractivity contribution in [2.75, 3.05) is 32.0 Å². The molecule has 10 nitrogen and oxygen atoms in total. The minimum Gasteiger partial charge on any atom is -0.333 e. The molecular formula is C26H28F5N7O3. The van der Waals surface area contributed by atoms with Crippen LogP contribution in [-0.4, -0.2) is 74.4 Å². The van der Waals surface area contributed by atoms with E-state index in [-0.39, 0.29) is 37.5 Å². The molecule has 3 N–H and O–H groups in total. The first kappa shape index (κ1) is 28.4. The monoisotopic (exact) mass is 581 g/mol. The number of amides is 3. The van der Waals surface area contributed by atoms with Crippen LogP contribution in [0, 0.1) is 11.6 Å². The number of nitrogens with one attached hydrogen (secondary N) is 1. The van der Waals surface area contributed by atoms with Crippen molar-refractivity contribution in [1.29, 1.82) is 0 Å². The molecule has 0 spiro atoms. The summed E-state index contributed by atoms with van der Waals surface area (Å²) in [5, 5.41) is 2.55. The van der Waals surface area contributed by atoms with Crippen LogP contribution in [0.1, 0.15) is 43.2 Å². The van der Waals surface area contributed by atoms with Gasteiger partial charge in [0.05, 0.1) is 5.52 Å². The van der Waals surface area contributed by atoms with E-state index in [1.165, 1.54) is 27.8 Å². The maximum absolute atomic E-state index is 14.5. The SMILES string of the molecule is Nn1c(=O)n(C2CCN(C(=O)N[C@@H]3CC[C@@H](c4cccc(F)c4F)CN(CC(F)(F)F)C3=O)CC2)c2cccnc21. The van der Waals surface area contributed by atoms with Gasteiger partial charge >= 0.3 is 17.9 Å². The number of benzene rings is 1. The highest BCUT2D eigenvalue weighted by Gasteiger charge is 2.40. The fourth-order valence-corrected chi connectivity index (χ4v) is 5.73. The summed E-state index contributed by atoms with van der Waals surface area (Å²) in [5.74, 6) is 1.72. The largest absolute Gasteiger partial charge is 0.406 e. The van der Waals surface area contributed by atoms with Gasteiger partial charge in [0.15, 0.2) is 17.3 Å². The van der Waals surface area contributed by atoms with Crippen molar-refractivity contribution < 1.29 is 31.5 Å². The predicted octanol–water partition coefficient (Wildman–Crippen LogP) is 2.87. The van der Waals surface area contributed by atoms with Crippen molar-refractivity contribution >= 4 is 23.1 Å². The van der Waals surface area contributed by atoms with Gasteiger partial charge < -0.3 is 21.0 Å². The van der Waals surface area contributed by atoms with Crippen LogP contribution in [-0.2, 0) is 4.79 Å². The van der Waals surface area contributed by atoms with E-state index in [2.05, 4.69) is 10.3 Å². The fraction of sp³-hybridized carbons (Fsp3) is 0.462. The zero-order valence-electron chi connectivity index (χ0n) is 21.8. The summed E-state index contributed by atoms with van der Waals surface area (Å²) in [7, 11) is 0. The summed E-state index contributed by atoms with van der Waals surface area (Å²) in [6.07, 6.45) is -2.45. The first-order chi connectivity index (χ1) is 19.4. The van der Waals surface area contributed by atoms with Crippen LogP contribution in [0.3, 0.4) is 0 Å². The second-order valence-electron chi connectivity index (χ2n) is 10.3. The van der Waals surface area contributed by atoms with Crippen LogP contribution in [0.15, 0.2) is 41.3 Å². The van der Waals surface area contributed by atoms with Crippen molar-refractivity contribution in [2.24, 2.45) is 0 Å². The molecule has 2 atom stereocenters. The van der Waals surface area contributed by atoms with Gasteiger partial charge in [0.1, 0.15) is 12.6 Å². The number of urea groups is 1. The molecule has 0 aliphatic carbocycles. The number of nitrogen functional groups attached to an aromatic ring is 1. The number of hydrogen-bond acceptors (Lipinski definition) is 5. The number of carbonyl (C=O) groups is 2. The average Bonchev–Trinajstić information content (AvgIpc) is 3.10. The molecular weight excluding hydrogens is 553 g/mol. The van der Waals surface area contributed by atoms with E-state index in [9.17, 15) is 36.3 Å². The first-order valence-corrected chi connectivity index (χ1v) is 13.1. The lowest BCUT2D eigenvalue weighted by atomic mass is 9.93. The van der Waals surface area contributed by atoms with Gasteiger partial charge in [-0.25, -0.2) is 23.4 Å². The highest BCUT2D eigenvalue weighted by atomic mass is 19.4. The normalized spacial score (nSPS) is 20.9. The molecule has 3 aromatic rings. The van der Waals surface area contributed by atoms with Gasteiger partial charge in [-0.05, 0) is 49.4 Å². The van der Waals surface area contributed by atoms with Crippen LogP contribution >= 0.6 is 0 Å². The van der Waals surface area contributed by atoms with E-state index in [1.54, 1.807) is 12.1 Å². The number of rotatable bonds is 4. The molecule has 2 aliphatic rings. The molecule has 1 aromatic carbocycles. The lowest BCUT2D eigenvalue weighted by Crippen LogP contribution is -2.54. The van der Waals surface area contributed by atoms with Crippen molar-refractivity contribution in [1.82, 2.24) is 29.3 Å². The van der Waals surface area contributed by atoms with E-state index >= 15 is 0 Å². The van der Waals surface area contributed by atoms with Crippen LogP contribution < -0.4 is 16.8 Å². The van der Waals surface area contributed by atoms with Gasteiger partial charge in [-0.15, -0.1) is 0 Å². The number of hydrogen-bond donors (Lipinski definition) is 2. The standard InChI is InChI=1S/C26H28F5N7O3/c27-18-4-1-3-17(21(18)28)15-6-7-19(23(39)36(13-15)14-26(29,30)31)34-24(40)35-11-8-16(9-12-35)37-20-5-2-10-33-22(20)38(32)25(37)41/h1-5,10,15-16,19H,6-9,11-14,32H2,(H,34,40)/t15-,19-/m1/s1. The van der Waals surface area contributed by atoms with E-state index in [4.69, 9.17) is 5.84 Å². The van der Waals surface area contributed by atoms with Crippen LogP contribution in [0.4, 0.5) is 26.7 Å². The van der Waals surface area contributed by atoms with E-state index < -0.39 is 60.5 Å². The highest BCUT2D eigenvalue weighted by molar-refractivity contribution is 5.87. The molecule has 3 amide bonds. The molecule has 2 aromatic heterocycles. The maximum Gasteiger partial charge on any atom is 0.406 e. The molecule has 2 fully saturated rings. The number of piperidine rings is 1. The Morgan fingerprint density at radius 3 is 2.49 bits per heavy atom. The zero-order chi connectivity index (χ0) is 29.5. The Morgan fingerprint density at radius 2 is 1.78 bits per heavy atom. The lowest BCUT2D eigenvalue weighted by Gasteiger charge is -2.34. The van der Waals surface area contributed by atoms with E-state index in [1.807, 2.05) is 0 Å². The minimum atomic E-state index is -4.73. The number of carbonyl (C=O) groups excluding carboxylic acids is 2. The van der Waals surface area contributed by atoms with Gasteiger partial charge in [-0.2, -0.15) is 17.8 Å². The van der Waals surface area contributed by atoms with E-state index in [0.29, 0.717) is 28.9 Å². The second-order valence-corrected chi connectivity index (χ2v) is 10.3. The van der Waals surface area contributed by atoms with Crippen molar-refractivity contribution in [3.63, 3.8) is 0 Å². The molecule has 41 heavy (non-hydrogen) atoms. The zero-order valence-corrected chi connectivity index (χ0v) is 21.8. The number of aromatic nitrogens is 3. The molecule has 0 bridgehead atoms. The van der Waals surface area contributed by atoms with Gasteiger partial charge in [0.2, 0.25) is 5.91 Å². The summed E-state index contributed by atoms with van der Waals surface area (Å²) in [6.45, 7) is -1.64. The molecule has 2 saturated heterocycles. The first-order valence-electron chi connectivity index (χ1n) is 13.1. The Labute approximate surface area is 230 Å². The number of pyridine rings is 1. The summed E-state index contributed by atoms with van der Waals surface area (Å²) in [6, 6.07) is 4.65. The molecule has 4 heterocycles. The van der Waals surface area contributed by atoms with Crippen LogP contribution in [0.25, 0.3) is 11.2 Å². The van der Waals surface area contributed by atoms with Gasteiger partial charge in [-0.1, -0.05) is 12.1 Å². The number of nitrogens with two attached hydrogens (primary N) is 1. The molecule has 5 rings (SSSR count). The van der Waals surface area contributed by atoms with E-state index in [0.717, 1.165) is 10.7 Å². The molecule has 2 aliphatic heterocycles. The van der Waals surface area contributed by atoms with Crippen LogP contribution in [0.5, 0.6) is 0 Å². The predicted molar refractivity (Wildman–Crippen MR) is 137 cm³/mol. The summed E-state index contributed by atoms with van der Waals surface area (Å²) < 4.78 is 70.9. The number of likely N-dealkylation sites (tertiary alicyclic amines) is 2. The lowest BCUT2D eigenvalue weighted by molar-refractivity contribution is -0.162. The second kappa shape index (κ2) is 11.0. The Bertz CT molecular complexity index is 1510. The number of alkyl halides is 3. The highest BCUT2D eigenvalue weighted by Crippen LogP contribution is 2.32. The van der Waals surface area contributed by atoms with Crippen LogP contribution in [0.2, 0.25) is 0 Å². The molecule has 220 valence electrons. The molecule has 0 unspecified atom stereocenters.